The molecule has 1 saturated heterocycles. The summed E-state index contributed by atoms with van der Waals surface area (Å²) in [5, 5.41) is 20.3. The van der Waals surface area contributed by atoms with Crippen LogP contribution in [0.15, 0.2) is 107 Å². The largest absolute Gasteiger partial charge is 0.507 e. The molecule has 48 heavy (non-hydrogen) atoms. The van der Waals surface area contributed by atoms with Gasteiger partial charge in [0.2, 0.25) is 5.13 Å². The molecule has 11 heteroatoms. The van der Waals surface area contributed by atoms with Crippen molar-refractivity contribution < 1.29 is 28.6 Å². The summed E-state index contributed by atoms with van der Waals surface area (Å²) in [6.45, 7) is 4.96. The molecule has 0 saturated carbocycles. The Morgan fingerprint density at radius 3 is 2.31 bits per heavy atom. The predicted octanol–water partition coefficient (Wildman–Crippen LogP) is 8.27. The smallest absolute Gasteiger partial charge is 0.301 e. The van der Waals surface area contributed by atoms with E-state index in [1.807, 2.05) is 38.1 Å². The number of nitrogens with zero attached hydrogens (tertiary/aromatic N) is 3. The Hall–Kier alpha value is -5.00. The second kappa shape index (κ2) is 14.8. The molecule has 1 aliphatic rings. The first-order valence-electron chi connectivity index (χ1n) is 15.3. The van der Waals surface area contributed by atoms with Gasteiger partial charge < -0.3 is 14.6 Å². The first-order chi connectivity index (χ1) is 23.3. The van der Waals surface area contributed by atoms with Gasteiger partial charge >= 0.3 is 5.91 Å². The number of aliphatic hydroxyl groups excluding tert-OH is 1. The van der Waals surface area contributed by atoms with E-state index < -0.39 is 17.7 Å². The standard InChI is InChI=1S/C37H32FN3O5S2/c1-3-20-45-29-16-10-25(11-17-29)32-31(33(42)26-12-18-30(19-13-26)46-21-27-7-5-4-6-23(27)2)34(43)35(44)41(32)36-39-40-37(48-36)47-22-24-8-14-28(38)15-9-24/h4-19,32,42H,3,20-22H2,1-2H3/b33-31+. The number of aryl methyl sites for hydroxylation is 1. The average molecular weight is 682 g/mol. The SMILES string of the molecule is CCCOc1ccc(C2/C(=C(\O)c3ccc(OCc4ccccc4C)cc3)C(=O)C(=O)N2c2nnc(SCc3ccc(F)cc3)s2)cc1. The Labute approximate surface area is 285 Å². The minimum Gasteiger partial charge on any atom is -0.507 e. The fraction of sp³-hybridized carbons (Fsp3) is 0.189. The van der Waals surface area contributed by atoms with Gasteiger partial charge in [0.05, 0.1) is 18.2 Å². The van der Waals surface area contributed by atoms with Crippen molar-refractivity contribution in [1.29, 1.82) is 0 Å². The Morgan fingerprint density at radius 1 is 0.917 bits per heavy atom. The topological polar surface area (TPSA) is 102 Å². The second-order valence-electron chi connectivity index (χ2n) is 11.1. The third kappa shape index (κ3) is 7.27. The van der Waals surface area contributed by atoms with Gasteiger partial charge in [-0.05, 0) is 84.1 Å². The van der Waals surface area contributed by atoms with Crippen LogP contribution in [0.4, 0.5) is 9.52 Å². The lowest BCUT2D eigenvalue weighted by Gasteiger charge is -2.22. The molecular formula is C37H32FN3O5S2. The molecule has 1 amide bonds. The monoisotopic (exact) mass is 681 g/mol. The minimum absolute atomic E-state index is 0.0634. The lowest BCUT2D eigenvalue weighted by molar-refractivity contribution is -0.132. The van der Waals surface area contributed by atoms with Crippen molar-refractivity contribution in [3.63, 3.8) is 0 Å². The van der Waals surface area contributed by atoms with E-state index in [1.165, 1.54) is 28.8 Å². The van der Waals surface area contributed by atoms with Gasteiger partial charge in [-0.1, -0.05) is 78.6 Å². The number of ether oxygens (including phenoxy) is 2. The van der Waals surface area contributed by atoms with Crippen LogP contribution in [-0.2, 0) is 21.9 Å². The van der Waals surface area contributed by atoms with E-state index in [9.17, 15) is 19.1 Å². The lowest BCUT2D eigenvalue weighted by atomic mass is 9.95. The molecule has 1 N–H and O–H groups in total. The number of thioether (sulfide) groups is 1. The van der Waals surface area contributed by atoms with Crippen molar-refractivity contribution in [3.05, 3.63) is 136 Å². The first-order valence-corrected chi connectivity index (χ1v) is 17.1. The van der Waals surface area contributed by atoms with Gasteiger partial charge in [-0.15, -0.1) is 10.2 Å². The van der Waals surface area contributed by atoms with Gasteiger partial charge in [-0.2, -0.15) is 0 Å². The number of benzene rings is 4. The van der Waals surface area contributed by atoms with Crippen LogP contribution in [0.5, 0.6) is 11.5 Å². The highest BCUT2D eigenvalue weighted by Crippen LogP contribution is 2.44. The molecule has 6 rings (SSSR count). The number of rotatable bonds is 12. The molecule has 244 valence electrons. The molecule has 0 bridgehead atoms. The number of anilines is 1. The second-order valence-corrected chi connectivity index (χ2v) is 13.3. The number of carbonyl (C=O) groups is 2. The summed E-state index contributed by atoms with van der Waals surface area (Å²) in [7, 11) is 0. The molecule has 1 aliphatic heterocycles. The van der Waals surface area contributed by atoms with Crippen LogP contribution in [0.3, 0.4) is 0 Å². The highest BCUT2D eigenvalue weighted by molar-refractivity contribution is 8.00. The highest BCUT2D eigenvalue weighted by atomic mass is 32.2. The fourth-order valence-electron chi connectivity index (χ4n) is 5.19. The predicted molar refractivity (Wildman–Crippen MR) is 185 cm³/mol. The molecule has 1 aromatic heterocycles. The molecule has 8 nitrogen and oxygen atoms in total. The summed E-state index contributed by atoms with van der Waals surface area (Å²) in [6, 6.07) is 27.0. The van der Waals surface area contributed by atoms with Gasteiger partial charge in [0.15, 0.2) is 4.34 Å². The molecule has 1 fully saturated rings. The van der Waals surface area contributed by atoms with E-state index in [0.29, 0.717) is 45.9 Å². The molecule has 1 unspecified atom stereocenters. The van der Waals surface area contributed by atoms with Gasteiger partial charge in [0.25, 0.3) is 5.78 Å². The molecule has 2 heterocycles. The number of Topliss-reactive ketones (excluding diaryl/α,β-unsaturated/α-hetero) is 1. The molecule has 0 radical (unpaired) electrons. The van der Waals surface area contributed by atoms with Crippen LogP contribution in [-0.4, -0.2) is 33.6 Å². The molecular weight excluding hydrogens is 650 g/mol. The normalized spacial score (nSPS) is 15.6. The number of aromatic nitrogens is 2. The lowest BCUT2D eigenvalue weighted by Crippen LogP contribution is -2.29. The average Bonchev–Trinajstić information content (AvgIpc) is 3.68. The Morgan fingerprint density at radius 2 is 1.60 bits per heavy atom. The minimum atomic E-state index is -0.967. The van der Waals surface area contributed by atoms with E-state index in [2.05, 4.69) is 10.2 Å². The van der Waals surface area contributed by atoms with Gasteiger partial charge in [-0.25, -0.2) is 4.39 Å². The number of halogens is 1. The maximum atomic E-state index is 13.7. The van der Waals surface area contributed by atoms with Crippen LogP contribution in [0, 0.1) is 12.7 Å². The molecule has 0 spiro atoms. The zero-order valence-electron chi connectivity index (χ0n) is 26.3. The van der Waals surface area contributed by atoms with Crippen molar-refractivity contribution in [2.75, 3.05) is 11.5 Å². The maximum Gasteiger partial charge on any atom is 0.301 e. The van der Waals surface area contributed by atoms with E-state index in [1.54, 1.807) is 60.7 Å². The third-order valence-electron chi connectivity index (χ3n) is 7.77. The van der Waals surface area contributed by atoms with E-state index >= 15 is 0 Å². The summed E-state index contributed by atoms with van der Waals surface area (Å²) in [5.74, 6) is -0.529. The van der Waals surface area contributed by atoms with Gasteiger partial charge in [-0.3, -0.25) is 14.5 Å². The number of ketones is 1. The van der Waals surface area contributed by atoms with Crippen LogP contribution >= 0.6 is 23.1 Å². The van der Waals surface area contributed by atoms with Crippen molar-refractivity contribution in [1.82, 2.24) is 10.2 Å². The number of carbonyl (C=O) groups excluding carboxylic acids is 2. The number of hydrogen-bond donors (Lipinski definition) is 1. The van der Waals surface area contributed by atoms with Crippen LogP contribution in [0.2, 0.25) is 0 Å². The van der Waals surface area contributed by atoms with Gasteiger partial charge in [0, 0.05) is 11.3 Å². The Bertz CT molecular complexity index is 1940. The summed E-state index contributed by atoms with van der Waals surface area (Å²) in [4.78, 5) is 28.6. The fourth-order valence-corrected chi connectivity index (χ4v) is 7.02. The highest BCUT2D eigenvalue weighted by Gasteiger charge is 2.48. The van der Waals surface area contributed by atoms with Gasteiger partial charge in [0.1, 0.15) is 29.7 Å². The van der Waals surface area contributed by atoms with Crippen LogP contribution < -0.4 is 14.4 Å². The summed E-state index contributed by atoms with van der Waals surface area (Å²) >= 11 is 2.55. The van der Waals surface area contributed by atoms with Crippen LogP contribution in [0.1, 0.15) is 47.2 Å². The molecule has 0 aliphatic carbocycles. The first kappa shape index (κ1) is 32.9. The van der Waals surface area contributed by atoms with E-state index in [-0.39, 0.29) is 22.3 Å². The summed E-state index contributed by atoms with van der Waals surface area (Å²) < 4.78 is 25.6. The van der Waals surface area contributed by atoms with Crippen molar-refractivity contribution >= 4 is 45.7 Å². The Balaban J connectivity index is 1.30. The number of aliphatic hydroxyl groups is 1. The zero-order chi connectivity index (χ0) is 33.6. The molecule has 5 aromatic rings. The zero-order valence-corrected chi connectivity index (χ0v) is 27.9. The van der Waals surface area contributed by atoms with E-state index in [4.69, 9.17) is 9.47 Å². The summed E-state index contributed by atoms with van der Waals surface area (Å²) in [5.41, 5.74) is 3.97. The Kier molecular flexibility index (Phi) is 10.2. The molecule has 1 atom stereocenters. The van der Waals surface area contributed by atoms with Crippen molar-refractivity contribution in [3.8, 4) is 11.5 Å². The van der Waals surface area contributed by atoms with Crippen LogP contribution in [0.25, 0.3) is 5.76 Å². The quantitative estimate of drug-likeness (QED) is 0.0462. The van der Waals surface area contributed by atoms with E-state index in [0.717, 1.165) is 34.4 Å². The number of hydrogen-bond acceptors (Lipinski definition) is 9. The third-order valence-corrected chi connectivity index (χ3v) is 9.90. The van der Waals surface area contributed by atoms with Crippen molar-refractivity contribution in [2.45, 2.75) is 43.0 Å². The maximum absolute atomic E-state index is 13.7. The van der Waals surface area contributed by atoms with Crippen molar-refractivity contribution in [2.24, 2.45) is 0 Å². The number of amides is 1. The summed E-state index contributed by atoms with van der Waals surface area (Å²) in [6.07, 6.45) is 0.843. The molecule has 4 aromatic carbocycles.